The predicted octanol–water partition coefficient (Wildman–Crippen LogP) is 1.41. The van der Waals surface area contributed by atoms with Gasteiger partial charge >= 0.3 is 5.69 Å². The Morgan fingerprint density at radius 2 is 2.35 bits per heavy atom. The van der Waals surface area contributed by atoms with E-state index in [0.717, 1.165) is 0 Å². The molecule has 0 unspecified atom stereocenters. The number of ether oxygens (including phenoxy) is 1. The summed E-state index contributed by atoms with van der Waals surface area (Å²) in [4.78, 5) is 10.4. The minimum atomic E-state index is -0.482. The maximum absolute atomic E-state index is 10.9. The summed E-state index contributed by atoms with van der Waals surface area (Å²) < 4.78 is 6.78. The van der Waals surface area contributed by atoms with Crippen LogP contribution in [0.3, 0.4) is 0 Å². The minimum Gasteiger partial charge on any atom is -0.492 e. The summed E-state index contributed by atoms with van der Waals surface area (Å²) in [5, 5.41) is 17.8. The molecule has 0 radical (unpaired) electrons. The highest BCUT2D eigenvalue weighted by Gasteiger charge is 2.18. The molecule has 0 aliphatic heterocycles. The average molecular weight is 277 g/mol. The molecular weight excluding hydrogens is 262 g/mol. The van der Waals surface area contributed by atoms with E-state index in [0.29, 0.717) is 24.6 Å². The second-order valence-corrected chi connectivity index (χ2v) is 4.08. The molecule has 0 amide bonds. The molecule has 0 atom stereocenters. The third-order valence-corrected chi connectivity index (χ3v) is 2.49. The molecule has 0 saturated heterocycles. The van der Waals surface area contributed by atoms with Crippen molar-refractivity contribution >= 4 is 17.2 Å². The molecule has 0 bridgehead atoms. The third kappa shape index (κ3) is 3.23. The molecule has 106 valence electrons. The van der Waals surface area contributed by atoms with Gasteiger partial charge in [-0.3, -0.25) is 14.8 Å². The number of hydrogen-bond acceptors (Lipinski definition) is 6. The van der Waals surface area contributed by atoms with Gasteiger partial charge in [-0.15, -0.1) is 5.10 Å². The summed E-state index contributed by atoms with van der Waals surface area (Å²) in [6.07, 6.45) is 1.34. The van der Waals surface area contributed by atoms with Crippen LogP contribution >= 0.6 is 0 Å². The van der Waals surface area contributed by atoms with E-state index in [2.05, 4.69) is 10.4 Å². The summed E-state index contributed by atoms with van der Waals surface area (Å²) in [6.45, 7) is 0.830. The molecule has 0 fully saturated rings. The molecule has 8 nitrogen and oxygen atoms in total. The zero-order valence-corrected chi connectivity index (χ0v) is 10.9. The van der Waals surface area contributed by atoms with E-state index in [-0.39, 0.29) is 11.5 Å². The number of aromatic nitrogens is 2. The van der Waals surface area contributed by atoms with Crippen molar-refractivity contribution in [3.8, 4) is 5.75 Å². The van der Waals surface area contributed by atoms with Gasteiger partial charge in [-0.05, 0) is 12.1 Å². The predicted molar refractivity (Wildman–Crippen MR) is 74.1 cm³/mol. The molecule has 0 aliphatic rings. The molecule has 0 spiro atoms. The Morgan fingerprint density at radius 3 is 3.05 bits per heavy atom. The van der Waals surface area contributed by atoms with Crippen LogP contribution in [0.4, 0.5) is 17.2 Å². The number of nitrogens with two attached hydrogens (primary N) is 1. The maximum Gasteiger partial charge on any atom is 0.331 e. The smallest absolute Gasteiger partial charge is 0.331 e. The number of anilines is 2. The fourth-order valence-corrected chi connectivity index (χ4v) is 1.68. The lowest BCUT2D eigenvalue weighted by Crippen LogP contribution is -2.10. The van der Waals surface area contributed by atoms with Crippen LogP contribution < -0.4 is 15.8 Å². The maximum atomic E-state index is 10.9. The first-order valence-corrected chi connectivity index (χ1v) is 5.98. The Morgan fingerprint density at radius 1 is 1.55 bits per heavy atom. The van der Waals surface area contributed by atoms with E-state index < -0.39 is 4.92 Å². The fraction of sp³-hybridized carbons (Fsp3) is 0.250. The molecule has 2 rings (SSSR count). The Hall–Kier alpha value is -2.61. The van der Waals surface area contributed by atoms with Gasteiger partial charge in [-0.25, -0.2) is 0 Å². The van der Waals surface area contributed by atoms with E-state index in [4.69, 9.17) is 10.5 Å². The quantitative estimate of drug-likeness (QED) is 0.610. The van der Waals surface area contributed by atoms with Crippen molar-refractivity contribution < 1.29 is 9.66 Å². The minimum absolute atomic E-state index is 0.0826. The molecule has 20 heavy (non-hydrogen) atoms. The van der Waals surface area contributed by atoms with Gasteiger partial charge in [0.2, 0.25) is 5.82 Å². The van der Waals surface area contributed by atoms with Crippen molar-refractivity contribution in [1.29, 1.82) is 0 Å². The Balaban J connectivity index is 2.19. The number of nitrogens with zero attached hydrogens (tertiary/aromatic N) is 3. The first kappa shape index (κ1) is 13.8. The molecule has 2 aromatic rings. The normalized spacial score (nSPS) is 10.3. The molecular formula is C12H15N5O3. The number of benzene rings is 1. The van der Waals surface area contributed by atoms with Crippen LogP contribution in [-0.4, -0.2) is 27.9 Å². The molecule has 0 aliphatic carbocycles. The van der Waals surface area contributed by atoms with Gasteiger partial charge in [-0.1, -0.05) is 6.07 Å². The van der Waals surface area contributed by atoms with Crippen molar-refractivity contribution in [2.75, 3.05) is 18.5 Å². The van der Waals surface area contributed by atoms with Crippen molar-refractivity contribution in [2.24, 2.45) is 12.8 Å². The number of nitro groups is 1. The molecule has 3 N–H and O–H groups in total. The van der Waals surface area contributed by atoms with Crippen molar-refractivity contribution in [1.82, 2.24) is 9.78 Å². The SMILES string of the molecule is Cn1cc([N+](=O)[O-])c(Nc2cccc(OCCN)c2)n1. The number of nitrogens with one attached hydrogen (secondary N) is 1. The Labute approximate surface area is 115 Å². The summed E-state index contributed by atoms with van der Waals surface area (Å²) in [5.74, 6) is 0.826. The fourth-order valence-electron chi connectivity index (χ4n) is 1.68. The van der Waals surface area contributed by atoms with E-state index in [1.54, 1.807) is 31.3 Å². The van der Waals surface area contributed by atoms with Crippen LogP contribution in [0, 0.1) is 10.1 Å². The van der Waals surface area contributed by atoms with Crippen LogP contribution in [0.2, 0.25) is 0 Å². The van der Waals surface area contributed by atoms with Crippen LogP contribution in [0.1, 0.15) is 0 Å². The number of aryl methyl sites for hydroxylation is 1. The second-order valence-electron chi connectivity index (χ2n) is 4.08. The summed E-state index contributed by atoms with van der Waals surface area (Å²) in [6, 6.07) is 7.07. The highest BCUT2D eigenvalue weighted by molar-refractivity contribution is 5.65. The van der Waals surface area contributed by atoms with Gasteiger partial charge in [0.25, 0.3) is 0 Å². The van der Waals surface area contributed by atoms with Gasteiger partial charge in [-0.2, -0.15) is 0 Å². The van der Waals surface area contributed by atoms with E-state index in [1.165, 1.54) is 10.9 Å². The Bertz CT molecular complexity index is 611. The Kier molecular flexibility index (Phi) is 4.16. The molecule has 0 saturated carbocycles. The first-order chi connectivity index (χ1) is 9.60. The lowest BCUT2D eigenvalue weighted by atomic mass is 10.3. The van der Waals surface area contributed by atoms with Gasteiger partial charge < -0.3 is 15.8 Å². The highest BCUT2D eigenvalue weighted by atomic mass is 16.6. The van der Waals surface area contributed by atoms with E-state index >= 15 is 0 Å². The zero-order chi connectivity index (χ0) is 14.5. The van der Waals surface area contributed by atoms with Gasteiger partial charge in [0, 0.05) is 25.3 Å². The molecule has 8 heteroatoms. The van der Waals surface area contributed by atoms with Crippen LogP contribution in [0.5, 0.6) is 5.75 Å². The topological polar surface area (TPSA) is 108 Å². The largest absolute Gasteiger partial charge is 0.492 e. The zero-order valence-electron chi connectivity index (χ0n) is 10.9. The summed E-state index contributed by atoms with van der Waals surface area (Å²) in [5.41, 5.74) is 5.94. The molecule has 1 aromatic carbocycles. The lowest BCUT2D eigenvalue weighted by Gasteiger charge is -2.07. The van der Waals surface area contributed by atoms with Gasteiger partial charge in [0.05, 0.1) is 4.92 Å². The van der Waals surface area contributed by atoms with Crippen molar-refractivity contribution in [3.05, 3.63) is 40.6 Å². The van der Waals surface area contributed by atoms with Crippen molar-refractivity contribution in [3.63, 3.8) is 0 Å². The lowest BCUT2D eigenvalue weighted by molar-refractivity contribution is -0.384. The van der Waals surface area contributed by atoms with Gasteiger partial charge in [0.15, 0.2) is 0 Å². The number of rotatable bonds is 6. The standard InChI is InChI=1S/C12H15N5O3/c1-16-8-11(17(18)19)12(15-16)14-9-3-2-4-10(7-9)20-6-5-13/h2-4,7-8H,5-6,13H2,1H3,(H,14,15). The second kappa shape index (κ2) is 6.02. The van der Waals surface area contributed by atoms with Gasteiger partial charge in [0.1, 0.15) is 18.6 Å². The first-order valence-electron chi connectivity index (χ1n) is 5.98. The average Bonchev–Trinajstić information content (AvgIpc) is 2.78. The summed E-state index contributed by atoms with van der Waals surface area (Å²) >= 11 is 0. The van der Waals surface area contributed by atoms with Crippen LogP contribution in [-0.2, 0) is 7.05 Å². The highest BCUT2D eigenvalue weighted by Crippen LogP contribution is 2.27. The van der Waals surface area contributed by atoms with Crippen LogP contribution in [0.25, 0.3) is 0 Å². The molecule has 1 heterocycles. The monoisotopic (exact) mass is 277 g/mol. The summed E-state index contributed by atoms with van der Waals surface area (Å²) in [7, 11) is 1.62. The van der Waals surface area contributed by atoms with E-state index in [1.807, 2.05) is 0 Å². The van der Waals surface area contributed by atoms with Crippen LogP contribution in [0.15, 0.2) is 30.5 Å². The third-order valence-electron chi connectivity index (χ3n) is 2.49. The number of hydrogen-bond donors (Lipinski definition) is 2. The molecule has 1 aromatic heterocycles. The van der Waals surface area contributed by atoms with E-state index in [9.17, 15) is 10.1 Å². The van der Waals surface area contributed by atoms with Crippen molar-refractivity contribution in [2.45, 2.75) is 0 Å².